The number of carbonyl (C=O) groups is 1. The van der Waals surface area contributed by atoms with Crippen LogP contribution in [0.1, 0.15) is 22.5 Å². The van der Waals surface area contributed by atoms with Crippen LogP contribution in [0.2, 0.25) is 0 Å². The lowest BCUT2D eigenvalue weighted by molar-refractivity contribution is 0.0697. The van der Waals surface area contributed by atoms with Crippen LogP contribution in [0.5, 0.6) is 0 Å². The maximum absolute atomic E-state index is 11.0. The Balaban J connectivity index is 0.00000242. The van der Waals surface area contributed by atoms with Gasteiger partial charge in [-0.15, -0.1) is 12.4 Å². The molecule has 0 radical (unpaired) electrons. The topological polar surface area (TPSA) is 71.7 Å². The Morgan fingerprint density at radius 2 is 2.14 bits per heavy atom. The van der Waals surface area contributed by atoms with Crippen LogP contribution in [0.15, 0.2) is 40.8 Å². The summed E-state index contributed by atoms with van der Waals surface area (Å²) in [7, 11) is 1.68. The van der Waals surface area contributed by atoms with Crippen molar-refractivity contribution in [1.82, 2.24) is 5.32 Å². The van der Waals surface area contributed by atoms with Gasteiger partial charge < -0.3 is 19.6 Å². The smallest absolute Gasteiger partial charge is 0.335 e. The summed E-state index contributed by atoms with van der Waals surface area (Å²) in [5, 5.41) is 12.3. The zero-order valence-electron chi connectivity index (χ0n) is 12.4. The van der Waals surface area contributed by atoms with Crippen LogP contribution in [0.4, 0.5) is 0 Å². The Morgan fingerprint density at radius 3 is 2.86 bits per heavy atom. The summed E-state index contributed by atoms with van der Waals surface area (Å²) in [4.78, 5) is 11.0. The number of rotatable bonds is 8. The minimum absolute atomic E-state index is 0. The molecule has 22 heavy (non-hydrogen) atoms. The zero-order valence-corrected chi connectivity index (χ0v) is 13.2. The fraction of sp³-hybridized carbons (Fsp3) is 0.312. The van der Waals surface area contributed by atoms with Crippen molar-refractivity contribution in [2.24, 2.45) is 0 Å². The predicted molar refractivity (Wildman–Crippen MR) is 86.6 cm³/mol. The third-order valence-electron chi connectivity index (χ3n) is 3.06. The van der Waals surface area contributed by atoms with Crippen LogP contribution in [0.25, 0.3) is 11.3 Å². The van der Waals surface area contributed by atoms with E-state index in [0.29, 0.717) is 12.3 Å². The van der Waals surface area contributed by atoms with E-state index in [-0.39, 0.29) is 18.0 Å². The predicted octanol–water partition coefficient (Wildman–Crippen LogP) is 3.19. The molecule has 0 aliphatic rings. The van der Waals surface area contributed by atoms with E-state index in [1.54, 1.807) is 25.3 Å². The van der Waals surface area contributed by atoms with E-state index in [9.17, 15) is 4.79 Å². The fourth-order valence-corrected chi connectivity index (χ4v) is 1.99. The normalized spacial score (nSPS) is 10.2. The lowest BCUT2D eigenvalue weighted by Crippen LogP contribution is -2.15. The number of benzene rings is 1. The SMILES string of the molecule is COCCCNCc1ccc(-c2cccc(C(=O)O)c2)o1.Cl. The first-order valence-electron chi connectivity index (χ1n) is 6.83. The van der Waals surface area contributed by atoms with Crippen molar-refractivity contribution in [3.05, 3.63) is 47.7 Å². The van der Waals surface area contributed by atoms with Gasteiger partial charge in [-0.05, 0) is 37.2 Å². The summed E-state index contributed by atoms with van der Waals surface area (Å²) in [6.45, 7) is 2.24. The highest BCUT2D eigenvalue weighted by Crippen LogP contribution is 2.23. The molecule has 0 bridgehead atoms. The van der Waals surface area contributed by atoms with Gasteiger partial charge in [0.05, 0.1) is 12.1 Å². The van der Waals surface area contributed by atoms with E-state index >= 15 is 0 Å². The summed E-state index contributed by atoms with van der Waals surface area (Å²) in [6.07, 6.45) is 0.949. The summed E-state index contributed by atoms with van der Waals surface area (Å²) in [5.74, 6) is 0.554. The quantitative estimate of drug-likeness (QED) is 0.729. The molecule has 0 unspecified atom stereocenters. The molecule has 6 heteroatoms. The molecule has 0 atom stereocenters. The standard InChI is InChI=1S/C16H19NO4.ClH/c1-20-9-3-8-17-11-14-6-7-15(21-14)12-4-2-5-13(10-12)16(18)19;/h2,4-7,10,17H,3,8-9,11H2,1H3,(H,18,19);1H. The number of ether oxygens (including phenoxy) is 1. The number of halogens is 1. The molecule has 0 saturated heterocycles. The van der Waals surface area contributed by atoms with E-state index in [0.717, 1.165) is 30.9 Å². The molecule has 0 aliphatic carbocycles. The van der Waals surface area contributed by atoms with Crippen LogP contribution < -0.4 is 5.32 Å². The van der Waals surface area contributed by atoms with Crippen molar-refractivity contribution in [3.8, 4) is 11.3 Å². The average Bonchev–Trinajstić information content (AvgIpc) is 2.96. The molecule has 0 aliphatic heterocycles. The molecule has 1 aromatic heterocycles. The van der Waals surface area contributed by atoms with Crippen molar-refractivity contribution >= 4 is 18.4 Å². The van der Waals surface area contributed by atoms with Gasteiger partial charge in [-0.1, -0.05) is 12.1 Å². The summed E-state index contributed by atoms with van der Waals surface area (Å²) in [6, 6.07) is 10.5. The first-order valence-corrected chi connectivity index (χ1v) is 6.83. The minimum atomic E-state index is -0.941. The number of hydrogen-bond donors (Lipinski definition) is 2. The van der Waals surface area contributed by atoms with Gasteiger partial charge in [0.15, 0.2) is 0 Å². The number of nitrogens with one attached hydrogen (secondary N) is 1. The largest absolute Gasteiger partial charge is 0.478 e. The second-order valence-electron chi connectivity index (χ2n) is 4.68. The molecule has 2 N–H and O–H groups in total. The molecule has 0 fully saturated rings. The molecule has 0 saturated carbocycles. The molecular weight excluding hydrogens is 306 g/mol. The summed E-state index contributed by atoms with van der Waals surface area (Å²) < 4.78 is 10.7. The highest BCUT2D eigenvalue weighted by atomic mass is 35.5. The maximum atomic E-state index is 11.0. The number of aromatic carboxylic acids is 1. The van der Waals surface area contributed by atoms with E-state index in [1.165, 1.54) is 0 Å². The van der Waals surface area contributed by atoms with Crippen LogP contribution in [0.3, 0.4) is 0 Å². The number of carboxylic acids is 1. The lowest BCUT2D eigenvalue weighted by Gasteiger charge is -2.02. The second-order valence-corrected chi connectivity index (χ2v) is 4.68. The Labute approximate surface area is 135 Å². The van der Waals surface area contributed by atoms with Gasteiger partial charge in [0.2, 0.25) is 0 Å². The Bertz CT molecular complexity index is 597. The van der Waals surface area contributed by atoms with Crippen molar-refractivity contribution in [1.29, 1.82) is 0 Å². The minimum Gasteiger partial charge on any atom is -0.478 e. The van der Waals surface area contributed by atoms with Gasteiger partial charge in [-0.25, -0.2) is 4.79 Å². The van der Waals surface area contributed by atoms with Crippen molar-refractivity contribution in [2.45, 2.75) is 13.0 Å². The summed E-state index contributed by atoms with van der Waals surface area (Å²) >= 11 is 0. The van der Waals surface area contributed by atoms with Gasteiger partial charge in [0, 0.05) is 19.3 Å². The Morgan fingerprint density at radius 1 is 1.32 bits per heavy atom. The zero-order chi connectivity index (χ0) is 15.1. The van der Waals surface area contributed by atoms with Crippen LogP contribution in [-0.2, 0) is 11.3 Å². The molecule has 120 valence electrons. The molecule has 2 rings (SSSR count). The first-order chi connectivity index (χ1) is 10.2. The third kappa shape index (κ3) is 5.18. The number of furan rings is 1. The lowest BCUT2D eigenvalue weighted by atomic mass is 10.1. The number of carboxylic acid groups (broad SMARTS) is 1. The Hall–Kier alpha value is -1.82. The van der Waals surface area contributed by atoms with Crippen LogP contribution in [-0.4, -0.2) is 31.3 Å². The number of methoxy groups -OCH3 is 1. The first kappa shape index (κ1) is 18.2. The van der Waals surface area contributed by atoms with Crippen molar-refractivity contribution in [3.63, 3.8) is 0 Å². The van der Waals surface area contributed by atoms with Gasteiger partial charge in [0.25, 0.3) is 0 Å². The molecule has 0 spiro atoms. The Kier molecular flexibility index (Phi) is 7.66. The molecule has 1 heterocycles. The molecule has 2 aromatic rings. The molecule has 1 aromatic carbocycles. The van der Waals surface area contributed by atoms with Gasteiger partial charge >= 0.3 is 5.97 Å². The van der Waals surface area contributed by atoms with E-state index in [1.807, 2.05) is 18.2 Å². The molecule has 5 nitrogen and oxygen atoms in total. The summed E-state index contributed by atoms with van der Waals surface area (Å²) in [5.41, 5.74) is 1.02. The van der Waals surface area contributed by atoms with E-state index < -0.39 is 5.97 Å². The van der Waals surface area contributed by atoms with E-state index in [2.05, 4.69) is 5.32 Å². The van der Waals surface area contributed by atoms with Gasteiger partial charge in [-0.2, -0.15) is 0 Å². The van der Waals surface area contributed by atoms with Crippen molar-refractivity contribution in [2.75, 3.05) is 20.3 Å². The average molecular weight is 326 g/mol. The van der Waals surface area contributed by atoms with E-state index in [4.69, 9.17) is 14.3 Å². The number of hydrogen-bond acceptors (Lipinski definition) is 4. The third-order valence-corrected chi connectivity index (χ3v) is 3.06. The van der Waals surface area contributed by atoms with Crippen LogP contribution in [0, 0.1) is 0 Å². The monoisotopic (exact) mass is 325 g/mol. The second kappa shape index (κ2) is 9.25. The highest BCUT2D eigenvalue weighted by Gasteiger charge is 2.08. The fourth-order valence-electron chi connectivity index (χ4n) is 1.99. The molecular formula is C16H20ClNO4. The van der Waals surface area contributed by atoms with Crippen molar-refractivity contribution < 1.29 is 19.1 Å². The van der Waals surface area contributed by atoms with Gasteiger partial charge in [-0.3, -0.25) is 0 Å². The highest BCUT2D eigenvalue weighted by molar-refractivity contribution is 5.89. The van der Waals surface area contributed by atoms with Crippen LogP contribution >= 0.6 is 12.4 Å². The maximum Gasteiger partial charge on any atom is 0.335 e. The molecule has 0 amide bonds. The van der Waals surface area contributed by atoms with Gasteiger partial charge in [0.1, 0.15) is 11.5 Å².